The second-order valence-corrected chi connectivity index (χ2v) is 8.39. The fourth-order valence-electron chi connectivity index (χ4n) is 3.28. The lowest BCUT2D eigenvalue weighted by molar-refractivity contribution is -0.122. The molecule has 1 amide bonds. The zero-order valence-electron chi connectivity index (χ0n) is 17.9. The molecule has 0 atom stereocenters. The van der Waals surface area contributed by atoms with Crippen LogP contribution in [0.5, 0.6) is 5.75 Å². The minimum atomic E-state index is -0.316. The van der Waals surface area contributed by atoms with Gasteiger partial charge in [-0.05, 0) is 79.2 Å². The molecular formula is C26H23FN2O2S. The van der Waals surface area contributed by atoms with Crippen LogP contribution in [0.15, 0.2) is 82.7 Å². The molecule has 6 heteroatoms. The first-order valence-electron chi connectivity index (χ1n) is 10.4. The van der Waals surface area contributed by atoms with E-state index < -0.39 is 0 Å². The van der Waals surface area contributed by atoms with Gasteiger partial charge >= 0.3 is 0 Å². The van der Waals surface area contributed by atoms with E-state index in [0.717, 1.165) is 16.9 Å². The summed E-state index contributed by atoms with van der Waals surface area (Å²) in [6, 6.07) is 21.8. The minimum absolute atomic E-state index is 0.0851. The van der Waals surface area contributed by atoms with E-state index in [2.05, 4.69) is 24.0 Å². The Kier molecular flexibility index (Phi) is 6.71. The van der Waals surface area contributed by atoms with Crippen LogP contribution in [-0.2, 0) is 11.4 Å². The van der Waals surface area contributed by atoms with Crippen molar-refractivity contribution in [2.45, 2.75) is 20.5 Å². The smallest absolute Gasteiger partial charge is 0.266 e. The van der Waals surface area contributed by atoms with Gasteiger partial charge in [0.15, 0.2) is 5.17 Å². The zero-order valence-corrected chi connectivity index (χ0v) is 18.7. The number of halogens is 1. The summed E-state index contributed by atoms with van der Waals surface area (Å²) in [6.45, 7) is 4.98. The predicted molar refractivity (Wildman–Crippen MR) is 128 cm³/mol. The Morgan fingerprint density at radius 3 is 2.50 bits per heavy atom. The fraction of sp³-hybridized carbons (Fsp3) is 0.154. The lowest BCUT2D eigenvalue weighted by atomic mass is 10.1. The summed E-state index contributed by atoms with van der Waals surface area (Å²) >= 11 is 1.32. The second kappa shape index (κ2) is 9.83. The normalized spacial score (nSPS) is 16.2. The van der Waals surface area contributed by atoms with Gasteiger partial charge in [-0.25, -0.2) is 9.38 Å². The number of hydrogen-bond acceptors (Lipinski definition) is 4. The van der Waals surface area contributed by atoms with Gasteiger partial charge < -0.3 is 4.74 Å². The number of aliphatic imine (C=N–C) groups is 1. The summed E-state index contributed by atoms with van der Waals surface area (Å²) in [7, 11) is 0. The summed E-state index contributed by atoms with van der Waals surface area (Å²) in [6.07, 6.45) is 1.85. The summed E-state index contributed by atoms with van der Waals surface area (Å²) in [4.78, 5) is 19.6. The molecule has 0 aromatic heterocycles. The molecule has 1 saturated heterocycles. The van der Waals surface area contributed by atoms with Crippen molar-refractivity contribution in [1.82, 2.24) is 4.90 Å². The zero-order chi connectivity index (χ0) is 22.5. The Labute approximate surface area is 191 Å². The number of carbonyl (C=O) groups excluding carboxylic acids is 1. The molecule has 3 aromatic carbocycles. The highest BCUT2D eigenvalue weighted by Gasteiger charge is 2.32. The van der Waals surface area contributed by atoms with Crippen LogP contribution in [0.1, 0.15) is 23.6 Å². The van der Waals surface area contributed by atoms with E-state index in [0.29, 0.717) is 28.9 Å². The molecule has 162 valence electrons. The topological polar surface area (TPSA) is 41.9 Å². The number of nitrogens with zero attached hydrogens (tertiary/aromatic N) is 2. The van der Waals surface area contributed by atoms with E-state index >= 15 is 0 Å². The van der Waals surface area contributed by atoms with E-state index in [1.54, 1.807) is 17.0 Å². The van der Waals surface area contributed by atoms with Crippen molar-refractivity contribution in [1.29, 1.82) is 0 Å². The van der Waals surface area contributed by atoms with Gasteiger partial charge in [0.2, 0.25) is 0 Å². The van der Waals surface area contributed by atoms with Crippen LogP contribution < -0.4 is 4.74 Å². The average Bonchev–Trinajstić information content (AvgIpc) is 3.08. The van der Waals surface area contributed by atoms with Crippen molar-refractivity contribution in [2.75, 3.05) is 6.54 Å². The minimum Gasteiger partial charge on any atom is -0.489 e. The van der Waals surface area contributed by atoms with E-state index in [-0.39, 0.29) is 11.7 Å². The molecule has 4 nitrogen and oxygen atoms in total. The Morgan fingerprint density at radius 2 is 1.81 bits per heavy atom. The lowest BCUT2D eigenvalue weighted by Gasteiger charge is -2.11. The highest BCUT2D eigenvalue weighted by molar-refractivity contribution is 8.18. The number of benzene rings is 3. The molecule has 1 aliphatic heterocycles. The van der Waals surface area contributed by atoms with Gasteiger partial charge in [-0.15, -0.1) is 0 Å². The van der Waals surface area contributed by atoms with Crippen LogP contribution in [0.2, 0.25) is 0 Å². The molecule has 1 fully saturated rings. The SMILES string of the molecule is CCN1C(=O)/C(=C\c2ccc(OCc3cccc(C)c3)cc2)SC1=Nc1ccc(F)cc1. The molecule has 3 aromatic rings. The Hall–Kier alpha value is -3.38. The molecule has 0 spiro atoms. The number of hydrogen-bond donors (Lipinski definition) is 0. The highest BCUT2D eigenvalue weighted by Crippen LogP contribution is 2.34. The number of amides is 1. The van der Waals surface area contributed by atoms with Gasteiger partial charge in [-0.3, -0.25) is 9.69 Å². The maximum atomic E-state index is 13.2. The van der Waals surface area contributed by atoms with Crippen LogP contribution in [0, 0.1) is 12.7 Å². The average molecular weight is 447 g/mol. The molecule has 32 heavy (non-hydrogen) atoms. The van der Waals surface area contributed by atoms with Crippen molar-refractivity contribution in [2.24, 2.45) is 4.99 Å². The number of rotatable bonds is 6. The molecular weight excluding hydrogens is 423 g/mol. The Balaban J connectivity index is 1.46. The molecule has 0 saturated carbocycles. The molecule has 0 N–H and O–H groups in total. The number of likely N-dealkylation sites (N-methyl/N-ethyl adjacent to an activating group) is 1. The Morgan fingerprint density at radius 1 is 1.06 bits per heavy atom. The van der Waals surface area contributed by atoms with Crippen LogP contribution in [-0.4, -0.2) is 22.5 Å². The van der Waals surface area contributed by atoms with Crippen molar-refractivity contribution >= 4 is 34.6 Å². The van der Waals surface area contributed by atoms with Gasteiger partial charge in [0.05, 0.1) is 10.6 Å². The third-order valence-electron chi connectivity index (χ3n) is 4.92. The second-order valence-electron chi connectivity index (χ2n) is 7.38. The van der Waals surface area contributed by atoms with Crippen LogP contribution in [0.25, 0.3) is 6.08 Å². The number of aryl methyl sites for hydroxylation is 1. The largest absolute Gasteiger partial charge is 0.489 e. The Bertz CT molecular complexity index is 1170. The summed E-state index contributed by atoms with van der Waals surface area (Å²) < 4.78 is 19.0. The number of carbonyl (C=O) groups is 1. The van der Waals surface area contributed by atoms with Crippen LogP contribution >= 0.6 is 11.8 Å². The molecule has 0 radical (unpaired) electrons. The van der Waals surface area contributed by atoms with Gasteiger partial charge in [0.25, 0.3) is 5.91 Å². The summed E-state index contributed by atoms with van der Waals surface area (Å²) in [5.74, 6) is 0.370. The highest BCUT2D eigenvalue weighted by atomic mass is 32.2. The predicted octanol–water partition coefficient (Wildman–Crippen LogP) is 6.34. The van der Waals surface area contributed by atoms with Crippen molar-refractivity contribution < 1.29 is 13.9 Å². The van der Waals surface area contributed by atoms with E-state index in [1.807, 2.05) is 49.4 Å². The fourth-order valence-corrected chi connectivity index (χ4v) is 4.34. The van der Waals surface area contributed by atoms with Gasteiger partial charge in [0, 0.05) is 6.54 Å². The summed E-state index contributed by atoms with van der Waals surface area (Å²) in [5.41, 5.74) is 3.84. The van der Waals surface area contributed by atoms with Gasteiger partial charge in [-0.1, -0.05) is 42.0 Å². The van der Waals surface area contributed by atoms with Crippen molar-refractivity contribution in [3.8, 4) is 5.75 Å². The van der Waals surface area contributed by atoms with E-state index in [1.165, 1.54) is 29.5 Å². The van der Waals surface area contributed by atoms with Gasteiger partial charge in [-0.2, -0.15) is 0 Å². The molecule has 4 rings (SSSR count). The first kappa shape index (κ1) is 21.8. The van der Waals surface area contributed by atoms with E-state index in [9.17, 15) is 9.18 Å². The summed E-state index contributed by atoms with van der Waals surface area (Å²) in [5, 5.41) is 0.591. The molecule has 0 unspecified atom stereocenters. The third-order valence-corrected chi connectivity index (χ3v) is 5.93. The maximum Gasteiger partial charge on any atom is 0.266 e. The number of amidine groups is 1. The van der Waals surface area contributed by atoms with Crippen LogP contribution in [0.3, 0.4) is 0 Å². The maximum absolute atomic E-state index is 13.2. The third kappa shape index (κ3) is 5.26. The quantitative estimate of drug-likeness (QED) is 0.415. The van der Waals surface area contributed by atoms with E-state index in [4.69, 9.17) is 4.74 Å². The molecule has 0 aliphatic carbocycles. The first-order valence-corrected chi connectivity index (χ1v) is 11.2. The first-order chi connectivity index (χ1) is 15.5. The standard InChI is InChI=1S/C26H23FN2O2S/c1-3-29-25(30)24(32-26(29)28-22-11-9-21(27)10-12-22)16-19-7-13-23(14-8-19)31-17-20-6-4-5-18(2)15-20/h4-16H,3,17H2,1-2H3/b24-16+,28-26?. The number of ether oxygens (including phenoxy) is 1. The monoisotopic (exact) mass is 446 g/mol. The molecule has 1 aliphatic rings. The van der Waals surface area contributed by atoms with Crippen molar-refractivity contribution in [3.63, 3.8) is 0 Å². The molecule has 1 heterocycles. The molecule has 0 bridgehead atoms. The lowest BCUT2D eigenvalue weighted by Crippen LogP contribution is -2.28. The van der Waals surface area contributed by atoms with Gasteiger partial charge in [0.1, 0.15) is 18.2 Å². The van der Waals surface area contributed by atoms with Crippen LogP contribution in [0.4, 0.5) is 10.1 Å². The number of thioether (sulfide) groups is 1. The van der Waals surface area contributed by atoms with Crippen molar-refractivity contribution in [3.05, 3.63) is 100 Å².